The summed E-state index contributed by atoms with van der Waals surface area (Å²) in [5.41, 5.74) is 4.56. The van der Waals surface area contributed by atoms with Gasteiger partial charge in [0, 0.05) is 12.0 Å². The van der Waals surface area contributed by atoms with E-state index in [0.29, 0.717) is 6.42 Å². The molecule has 0 aliphatic heterocycles. The smallest absolute Gasteiger partial charge is 0.315 e. The number of amides is 1. The van der Waals surface area contributed by atoms with Crippen LogP contribution in [0.25, 0.3) is 11.0 Å². The fourth-order valence-electron chi connectivity index (χ4n) is 3.54. The molecule has 0 aliphatic carbocycles. The molecule has 0 saturated carbocycles. The van der Waals surface area contributed by atoms with Gasteiger partial charge in [-0.05, 0) is 23.8 Å². The SMILES string of the molecule is COc1cc(/C=N/NC(=O)Cn2c(Cc3ccccc3)nc3ccccc32)c(O)c([N+](=O)[O-])c1. The van der Waals surface area contributed by atoms with Gasteiger partial charge in [0.15, 0.2) is 0 Å². The van der Waals surface area contributed by atoms with Crippen molar-refractivity contribution < 1.29 is 19.6 Å². The van der Waals surface area contributed by atoms with Gasteiger partial charge in [-0.2, -0.15) is 5.10 Å². The average molecular weight is 459 g/mol. The number of aromatic hydroxyl groups is 1. The molecule has 0 saturated heterocycles. The highest BCUT2D eigenvalue weighted by Gasteiger charge is 2.19. The molecule has 0 radical (unpaired) electrons. The third kappa shape index (κ3) is 4.85. The highest BCUT2D eigenvalue weighted by atomic mass is 16.6. The lowest BCUT2D eigenvalue weighted by Crippen LogP contribution is -2.24. The number of hydrogen-bond donors (Lipinski definition) is 2. The van der Waals surface area contributed by atoms with Crippen LogP contribution in [0.4, 0.5) is 5.69 Å². The van der Waals surface area contributed by atoms with Gasteiger partial charge in [0.1, 0.15) is 18.1 Å². The summed E-state index contributed by atoms with van der Waals surface area (Å²) in [6.07, 6.45) is 1.67. The van der Waals surface area contributed by atoms with E-state index in [1.165, 1.54) is 13.2 Å². The number of ether oxygens (including phenoxy) is 1. The molecule has 10 heteroatoms. The maximum absolute atomic E-state index is 12.7. The number of nitrogens with one attached hydrogen (secondary N) is 1. The number of phenolic OH excluding ortho intramolecular Hbond substituents is 1. The van der Waals surface area contributed by atoms with Crippen molar-refractivity contribution in [3.8, 4) is 11.5 Å². The standard InChI is InChI=1S/C24H21N5O5/c1-34-18-12-17(24(31)21(13-18)29(32)33)14-25-27-23(30)15-28-20-10-6-5-9-19(20)26-22(28)11-16-7-3-2-4-8-16/h2-10,12-14,31H,11,15H2,1H3,(H,27,30)/b25-14+. The number of para-hydroxylation sites is 2. The molecular weight excluding hydrogens is 438 g/mol. The van der Waals surface area contributed by atoms with Gasteiger partial charge in [0.25, 0.3) is 5.91 Å². The van der Waals surface area contributed by atoms with Crippen molar-refractivity contribution in [2.75, 3.05) is 7.11 Å². The largest absolute Gasteiger partial charge is 0.502 e. The van der Waals surface area contributed by atoms with Crippen molar-refractivity contribution >= 4 is 28.8 Å². The van der Waals surface area contributed by atoms with Gasteiger partial charge in [-0.15, -0.1) is 0 Å². The van der Waals surface area contributed by atoms with Crippen molar-refractivity contribution in [3.63, 3.8) is 0 Å². The number of phenols is 1. The van der Waals surface area contributed by atoms with Crippen molar-refractivity contribution in [1.29, 1.82) is 0 Å². The molecule has 34 heavy (non-hydrogen) atoms. The fraction of sp³-hybridized carbons (Fsp3) is 0.125. The maximum Gasteiger partial charge on any atom is 0.315 e. The molecular formula is C24H21N5O5. The Hall–Kier alpha value is -4.73. The molecule has 0 spiro atoms. The number of rotatable bonds is 8. The van der Waals surface area contributed by atoms with Crippen LogP contribution in [-0.2, 0) is 17.8 Å². The van der Waals surface area contributed by atoms with E-state index in [1.807, 2.05) is 59.2 Å². The first-order valence-corrected chi connectivity index (χ1v) is 10.3. The van der Waals surface area contributed by atoms with E-state index in [9.17, 15) is 20.0 Å². The second-order valence-corrected chi connectivity index (χ2v) is 7.40. The second-order valence-electron chi connectivity index (χ2n) is 7.40. The maximum atomic E-state index is 12.7. The number of benzene rings is 3. The highest BCUT2D eigenvalue weighted by molar-refractivity contribution is 5.88. The zero-order valence-corrected chi connectivity index (χ0v) is 18.2. The summed E-state index contributed by atoms with van der Waals surface area (Å²) in [7, 11) is 1.35. The van der Waals surface area contributed by atoms with E-state index < -0.39 is 22.3 Å². The van der Waals surface area contributed by atoms with Crippen LogP contribution in [0.2, 0.25) is 0 Å². The van der Waals surface area contributed by atoms with Gasteiger partial charge in [-0.1, -0.05) is 42.5 Å². The number of imidazole rings is 1. The van der Waals surface area contributed by atoms with Crippen LogP contribution in [0.1, 0.15) is 17.0 Å². The summed E-state index contributed by atoms with van der Waals surface area (Å²) in [6.45, 7) is -0.0374. The summed E-state index contributed by atoms with van der Waals surface area (Å²) < 4.78 is 6.85. The number of nitrogens with zero attached hydrogens (tertiary/aromatic N) is 4. The molecule has 0 fully saturated rings. The van der Waals surface area contributed by atoms with Crippen LogP contribution in [0.5, 0.6) is 11.5 Å². The number of carbonyl (C=O) groups is 1. The molecule has 0 unspecified atom stereocenters. The minimum atomic E-state index is -0.730. The van der Waals surface area contributed by atoms with Crippen LogP contribution < -0.4 is 10.2 Å². The number of methoxy groups -OCH3 is 1. The predicted octanol–water partition coefficient (Wildman–Crippen LogP) is 3.40. The van der Waals surface area contributed by atoms with Crippen LogP contribution >= 0.6 is 0 Å². The van der Waals surface area contributed by atoms with Crippen molar-refractivity contribution in [1.82, 2.24) is 15.0 Å². The van der Waals surface area contributed by atoms with E-state index in [2.05, 4.69) is 15.5 Å². The van der Waals surface area contributed by atoms with E-state index in [-0.39, 0.29) is 17.9 Å². The molecule has 10 nitrogen and oxygen atoms in total. The van der Waals surface area contributed by atoms with E-state index in [0.717, 1.165) is 34.7 Å². The minimum Gasteiger partial charge on any atom is -0.502 e. The van der Waals surface area contributed by atoms with Gasteiger partial charge in [0.05, 0.1) is 35.3 Å². The highest BCUT2D eigenvalue weighted by Crippen LogP contribution is 2.33. The first-order chi connectivity index (χ1) is 16.5. The lowest BCUT2D eigenvalue weighted by Gasteiger charge is -2.09. The molecule has 0 atom stereocenters. The lowest BCUT2D eigenvalue weighted by atomic mass is 10.1. The Balaban J connectivity index is 1.54. The Morgan fingerprint density at radius 2 is 1.94 bits per heavy atom. The van der Waals surface area contributed by atoms with Gasteiger partial charge in [0.2, 0.25) is 5.75 Å². The minimum absolute atomic E-state index is 0.0317. The number of fused-ring (bicyclic) bond motifs is 1. The van der Waals surface area contributed by atoms with Crippen molar-refractivity contribution in [3.05, 3.63) is 93.8 Å². The third-order valence-electron chi connectivity index (χ3n) is 5.16. The first-order valence-electron chi connectivity index (χ1n) is 10.3. The van der Waals surface area contributed by atoms with Crippen molar-refractivity contribution in [2.24, 2.45) is 5.10 Å². The number of hydrazone groups is 1. The van der Waals surface area contributed by atoms with Crippen LogP contribution in [0.15, 0.2) is 71.8 Å². The van der Waals surface area contributed by atoms with Gasteiger partial charge in [-0.25, -0.2) is 10.4 Å². The Kier molecular flexibility index (Phi) is 6.49. The van der Waals surface area contributed by atoms with Crippen molar-refractivity contribution in [2.45, 2.75) is 13.0 Å². The molecule has 4 rings (SSSR count). The van der Waals surface area contributed by atoms with E-state index >= 15 is 0 Å². The quantitative estimate of drug-likeness (QED) is 0.236. The number of nitro benzene ring substituents is 1. The summed E-state index contributed by atoms with van der Waals surface area (Å²) in [6, 6.07) is 19.8. The molecule has 172 valence electrons. The monoisotopic (exact) mass is 459 g/mol. The van der Waals surface area contributed by atoms with Gasteiger partial charge < -0.3 is 14.4 Å². The summed E-state index contributed by atoms with van der Waals surface area (Å²) in [5, 5.41) is 25.1. The molecule has 0 bridgehead atoms. The zero-order valence-electron chi connectivity index (χ0n) is 18.2. The fourth-order valence-corrected chi connectivity index (χ4v) is 3.54. The van der Waals surface area contributed by atoms with Crippen LogP contribution in [-0.4, -0.2) is 38.8 Å². The normalized spacial score (nSPS) is 11.1. The number of hydrogen-bond acceptors (Lipinski definition) is 7. The molecule has 1 amide bonds. The summed E-state index contributed by atoms with van der Waals surface area (Å²) in [4.78, 5) is 27.8. The Morgan fingerprint density at radius 3 is 2.68 bits per heavy atom. The topological polar surface area (TPSA) is 132 Å². The van der Waals surface area contributed by atoms with Crippen LogP contribution in [0.3, 0.4) is 0 Å². The summed E-state index contributed by atoms with van der Waals surface area (Å²) >= 11 is 0. The summed E-state index contributed by atoms with van der Waals surface area (Å²) in [5.74, 6) is -0.0968. The van der Waals surface area contributed by atoms with E-state index in [1.54, 1.807) is 0 Å². The van der Waals surface area contributed by atoms with E-state index in [4.69, 9.17) is 4.74 Å². The third-order valence-corrected chi connectivity index (χ3v) is 5.16. The molecule has 0 aliphatic rings. The number of aromatic nitrogens is 2. The average Bonchev–Trinajstić information content (AvgIpc) is 3.17. The molecule has 3 aromatic carbocycles. The molecule has 2 N–H and O–H groups in total. The Morgan fingerprint density at radius 1 is 1.21 bits per heavy atom. The van der Waals surface area contributed by atoms with Gasteiger partial charge in [-0.3, -0.25) is 14.9 Å². The molecule has 4 aromatic rings. The second kappa shape index (κ2) is 9.82. The lowest BCUT2D eigenvalue weighted by molar-refractivity contribution is -0.385. The molecule has 1 aromatic heterocycles. The Labute approximate surface area is 194 Å². The number of carbonyl (C=O) groups excluding carboxylic acids is 1. The zero-order chi connectivity index (χ0) is 24.1. The van der Waals surface area contributed by atoms with Gasteiger partial charge >= 0.3 is 5.69 Å². The molecule has 1 heterocycles. The first kappa shape index (κ1) is 22.5. The Bertz CT molecular complexity index is 1380. The number of nitro groups is 1. The van der Waals surface area contributed by atoms with Crippen LogP contribution in [0, 0.1) is 10.1 Å². The predicted molar refractivity (Wildman–Crippen MR) is 126 cm³/mol.